The van der Waals surface area contributed by atoms with Gasteiger partial charge in [0, 0.05) is 30.1 Å². The number of carbonyl (C=O) groups is 1. The summed E-state index contributed by atoms with van der Waals surface area (Å²) in [6.07, 6.45) is 0.239. The van der Waals surface area contributed by atoms with Gasteiger partial charge in [0.25, 0.3) is 5.69 Å². The minimum Gasteiger partial charge on any atom is -0.361 e. The van der Waals surface area contributed by atoms with Gasteiger partial charge in [-0.2, -0.15) is 4.31 Å². The first-order valence-electron chi connectivity index (χ1n) is 10.4. The number of hydrogen-bond acceptors (Lipinski definition) is 6. The maximum absolute atomic E-state index is 13.4. The van der Waals surface area contributed by atoms with Crippen LogP contribution in [-0.2, 0) is 16.4 Å². The third-order valence-electron chi connectivity index (χ3n) is 4.93. The van der Waals surface area contributed by atoms with Crippen molar-refractivity contribution in [3.63, 3.8) is 0 Å². The van der Waals surface area contributed by atoms with E-state index in [1.54, 1.807) is 0 Å². The highest BCUT2D eigenvalue weighted by atomic mass is 32.2. The Kier molecular flexibility index (Phi) is 9.61. The molecule has 0 heterocycles. The zero-order valence-electron chi connectivity index (χ0n) is 18.8. The van der Waals surface area contributed by atoms with Gasteiger partial charge in [-0.3, -0.25) is 14.9 Å². The fraction of sp³-hybridized carbons (Fsp3) is 0.381. The van der Waals surface area contributed by atoms with E-state index in [2.05, 4.69) is 15.3 Å². The summed E-state index contributed by atoms with van der Waals surface area (Å²) < 4.78 is 28.0. The van der Waals surface area contributed by atoms with Crippen molar-refractivity contribution in [2.24, 2.45) is 11.0 Å². The van der Waals surface area contributed by atoms with Crippen LogP contribution < -0.4 is 5.32 Å². The normalized spacial score (nSPS) is 13.2. The van der Waals surface area contributed by atoms with Crippen LogP contribution in [0.2, 0.25) is 0 Å². The van der Waals surface area contributed by atoms with Gasteiger partial charge >= 0.3 is 0 Å². The fourth-order valence-corrected chi connectivity index (χ4v) is 5.05. The summed E-state index contributed by atoms with van der Waals surface area (Å²) >= 11 is 0. The van der Waals surface area contributed by atoms with Gasteiger partial charge < -0.3 is 5.32 Å². The second-order valence-corrected chi connectivity index (χ2v) is 9.98. The zero-order valence-corrected chi connectivity index (χ0v) is 19.6. The molecule has 2 rings (SSSR count). The molecule has 0 aliphatic heterocycles. The maximum atomic E-state index is 13.4. The monoisotopic (exact) mass is 484 g/mol. The van der Waals surface area contributed by atoms with Crippen LogP contribution in [-0.4, -0.2) is 56.5 Å². The summed E-state index contributed by atoms with van der Waals surface area (Å²) in [5.41, 5.74) is 9.70. The molecule has 0 unspecified atom stereocenters. The highest BCUT2D eigenvalue weighted by Gasteiger charge is 2.32. The molecule has 1 amide bonds. The summed E-state index contributed by atoms with van der Waals surface area (Å²) in [6.45, 7) is 3.51. The number of nitrogens with zero attached hydrogens (tertiary/aromatic N) is 5. The van der Waals surface area contributed by atoms with Crippen LogP contribution in [0.3, 0.4) is 0 Å². The van der Waals surface area contributed by atoms with Crippen molar-refractivity contribution in [2.45, 2.75) is 37.2 Å². The lowest BCUT2D eigenvalue weighted by molar-refractivity contribution is -0.384. The number of azide groups is 1. The number of sulfonamides is 1. The van der Waals surface area contributed by atoms with Gasteiger partial charge in [0.2, 0.25) is 17.9 Å². The highest BCUT2D eigenvalue weighted by molar-refractivity contribution is 7.89. The van der Waals surface area contributed by atoms with Gasteiger partial charge in [0.15, 0.2) is 5.81 Å². The van der Waals surface area contributed by atoms with Gasteiger partial charge in [-0.05, 0) is 35.6 Å². The largest absolute Gasteiger partial charge is 0.361 e. The van der Waals surface area contributed by atoms with Crippen LogP contribution in [0.15, 0.2) is 64.6 Å². The van der Waals surface area contributed by atoms with E-state index < -0.39 is 32.8 Å². The lowest BCUT2D eigenvalue weighted by atomic mass is 9.98. The molecule has 0 fully saturated rings. The van der Waals surface area contributed by atoms with E-state index in [0.29, 0.717) is 0 Å². The van der Waals surface area contributed by atoms with E-state index in [4.69, 9.17) is 13.4 Å². The minimum absolute atomic E-state index is 0.0879. The molecule has 0 spiro atoms. The van der Waals surface area contributed by atoms with E-state index in [-0.39, 0.29) is 36.0 Å². The van der Waals surface area contributed by atoms with E-state index in [1.165, 1.54) is 0 Å². The van der Waals surface area contributed by atoms with Gasteiger partial charge in [-0.1, -0.05) is 49.3 Å². The first-order valence-corrected chi connectivity index (χ1v) is 11.9. The summed E-state index contributed by atoms with van der Waals surface area (Å²) in [6, 6.07) is 11.9. The molecule has 178 valence electrons. The Morgan fingerprint density at radius 1 is 1.18 bits per heavy atom. The van der Waals surface area contributed by atoms with Crippen molar-refractivity contribution in [3.8, 4) is 0 Å². The molecule has 0 saturated heterocycles. The molecule has 2 radical (unpaired) electrons. The van der Waals surface area contributed by atoms with Gasteiger partial charge in [-0.15, -0.1) is 0 Å². The zero-order chi connectivity index (χ0) is 25.3. The molecule has 1 N–H and O–H groups in total. The minimum atomic E-state index is -4.11. The maximum Gasteiger partial charge on any atom is 0.269 e. The number of nitro benzene ring substituents is 1. The Morgan fingerprint density at radius 2 is 1.79 bits per heavy atom. The summed E-state index contributed by atoms with van der Waals surface area (Å²) in [5.74, 6) is -0.984. The summed E-state index contributed by atoms with van der Waals surface area (Å²) in [7, 11) is 1.24. The Labute approximate surface area is 199 Å². The highest BCUT2D eigenvalue weighted by Crippen LogP contribution is 2.22. The Hall–Kier alpha value is -3.41. The Balaban J connectivity index is 2.43. The number of carbonyl (C=O) groups excluding carboxylic acids is 1. The van der Waals surface area contributed by atoms with E-state index in [0.717, 1.165) is 34.1 Å². The molecule has 0 aromatic heterocycles. The Bertz CT molecular complexity index is 1140. The van der Waals surface area contributed by atoms with Crippen molar-refractivity contribution in [1.29, 1.82) is 0 Å². The van der Waals surface area contributed by atoms with Crippen LogP contribution in [0.5, 0.6) is 0 Å². The summed E-state index contributed by atoms with van der Waals surface area (Å²) in [4.78, 5) is 24.8. The topological polar surface area (TPSA) is 158 Å². The number of non-ortho nitro benzene ring substituents is 1. The molecule has 2 atom stereocenters. The molecule has 11 nitrogen and oxygen atoms in total. The van der Waals surface area contributed by atoms with Gasteiger partial charge in [0.1, 0.15) is 0 Å². The number of nitrogens with one attached hydrogen (secondary N) is 1. The van der Waals surface area contributed by atoms with Gasteiger partial charge in [-0.25, -0.2) is 8.42 Å². The molecule has 0 bridgehead atoms. The Morgan fingerprint density at radius 3 is 2.29 bits per heavy atom. The van der Waals surface area contributed by atoms with Crippen molar-refractivity contribution < 1.29 is 18.1 Å². The van der Waals surface area contributed by atoms with Gasteiger partial charge in [0.05, 0.1) is 21.9 Å². The first-order chi connectivity index (χ1) is 16.0. The van der Waals surface area contributed by atoms with Crippen LogP contribution in [0.25, 0.3) is 10.4 Å². The second-order valence-electron chi connectivity index (χ2n) is 8.04. The first kappa shape index (κ1) is 26.8. The van der Waals surface area contributed by atoms with Crippen molar-refractivity contribution >= 4 is 29.4 Å². The molecule has 0 aliphatic carbocycles. The van der Waals surface area contributed by atoms with Crippen LogP contribution in [0.4, 0.5) is 10.5 Å². The predicted octanol–water partition coefficient (Wildman–Crippen LogP) is 3.41. The quantitative estimate of drug-likeness (QED) is 0.122. The molecular weight excluding hydrogens is 459 g/mol. The number of hydrogen-bond donors (Lipinski definition) is 1. The standard InChI is InChI=1S/C21H25BN6O5S/c1-15(2)13-27(34(32,33)18-10-8-17(9-11-18)28(30)31)14-20(24-21(22)29)19(25-26-23)12-16-6-4-3-5-7-16/h3-11,15,19-20H,12-14H2,1-2H3,(H,24,29)/t19-,20+/m0/s1. The third-order valence-corrected chi connectivity index (χ3v) is 6.78. The van der Waals surface area contributed by atoms with Crippen LogP contribution in [0, 0.1) is 16.0 Å². The fourth-order valence-electron chi connectivity index (χ4n) is 3.42. The van der Waals surface area contributed by atoms with Crippen LogP contribution >= 0.6 is 0 Å². The smallest absolute Gasteiger partial charge is 0.269 e. The lowest BCUT2D eigenvalue weighted by Gasteiger charge is -2.31. The van der Waals surface area contributed by atoms with Crippen molar-refractivity contribution in [2.75, 3.05) is 13.1 Å². The molecule has 2 aromatic carbocycles. The molecule has 0 aliphatic rings. The predicted molar refractivity (Wildman–Crippen MR) is 128 cm³/mol. The molecule has 2 aromatic rings. The van der Waals surface area contributed by atoms with E-state index in [9.17, 15) is 23.3 Å². The SMILES string of the molecule is [B]C(=O)N[C@H](CN(CC(C)C)S(=O)(=O)c1ccc([N+](=O)[O-])cc1)[C@H](Cc1ccccc1)N=[N+]=[N-]. The summed E-state index contributed by atoms with van der Waals surface area (Å²) in [5, 5.41) is 17.2. The van der Waals surface area contributed by atoms with E-state index in [1.807, 2.05) is 44.2 Å². The third kappa shape index (κ3) is 7.58. The van der Waals surface area contributed by atoms with Crippen molar-refractivity contribution in [1.82, 2.24) is 9.62 Å². The van der Waals surface area contributed by atoms with E-state index >= 15 is 0 Å². The number of benzene rings is 2. The number of amides is 1. The average Bonchev–Trinajstić information content (AvgIpc) is 2.78. The molecule has 0 saturated carbocycles. The van der Waals surface area contributed by atoms with Crippen molar-refractivity contribution in [3.05, 3.63) is 80.7 Å². The molecular formula is C21H25BN6O5S. The molecule has 13 heteroatoms. The molecule has 34 heavy (non-hydrogen) atoms. The van der Waals surface area contributed by atoms with Crippen LogP contribution in [0.1, 0.15) is 19.4 Å². The lowest BCUT2D eigenvalue weighted by Crippen LogP contribution is -2.52. The second kappa shape index (κ2) is 12.2. The number of rotatable bonds is 12. The number of nitro groups is 1. The average molecular weight is 484 g/mol.